The van der Waals surface area contributed by atoms with Gasteiger partial charge >= 0.3 is 0 Å². The Morgan fingerprint density at radius 3 is 2.33 bits per heavy atom. The molecule has 0 aliphatic rings. The highest BCUT2D eigenvalue weighted by Crippen LogP contribution is 2.31. The first-order valence-corrected chi connectivity index (χ1v) is 7.30. The van der Waals surface area contributed by atoms with Crippen LogP contribution in [-0.2, 0) is 4.79 Å². The third-order valence-electron chi connectivity index (χ3n) is 3.47. The second-order valence-electron chi connectivity index (χ2n) is 5.05. The van der Waals surface area contributed by atoms with Gasteiger partial charge in [-0.3, -0.25) is 4.79 Å². The molecule has 1 N–H and O–H groups in total. The number of carbonyl (C=O) groups excluding carboxylic acids is 1. The number of para-hydroxylation sites is 1. The van der Waals surface area contributed by atoms with Gasteiger partial charge in [-0.25, -0.2) is 0 Å². The van der Waals surface area contributed by atoms with Gasteiger partial charge in [-0.15, -0.1) is 0 Å². The summed E-state index contributed by atoms with van der Waals surface area (Å²) in [6.07, 6.45) is 1.54. The van der Waals surface area contributed by atoms with Gasteiger partial charge in [0.25, 0.3) is 5.91 Å². The van der Waals surface area contributed by atoms with E-state index in [1.807, 2.05) is 31.2 Å². The van der Waals surface area contributed by atoms with Gasteiger partial charge in [-0.2, -0.15) is 5.26 Å². The average molecular weight is 322 g/mol. The predicted octanol–water partition coefficient (Wildman–Crippen LogP) is 3.56. The number of ether oxygens (including phenoxy) is 2. The Morgan fingerprint density at radius 2 is 1.75 bits per heavy atom. The molecule has 0 saturated heterocycles. The number of hydrogen-bond acceptors (Lipinski definition) is 4. The molecule has 122 valence electrons. The Balaban J connectivity index is 2.33. The molecule has 0 saturated carbocycles. The van der Waals surface area contributed by atoms with Gasteiger partial charge in [0.05, 0.1) is 14.2 Å². The van der Waals surface area contributed by atoms with E-state index < -0.39 is 5.91 Å². The third kappa shape index (κ3) is 3.93. The Hall–Kier alpha value is -3.26. The first-order valence-electron chi connectivity index (χ1n) is 7.30. The maximum absolute atomic E-state index is 12.3. The second kappa shape index (κ2) is 7.84. The van der Waals surface area contributed by atoms with Gasteiger partial charge in [0.15, 0.2) is 11.5 Å². The van der Waals surface area contributed by atoms with Crippen molar-refractivity contribution >= 4 is 17.7 Å². The summed E-state index contributed by atoms with van der Waals surface area (Å²) in [6, 6.07) is 14.5. The van der Waals surface area contributed by atoms with Crippen molar-refractivity contribution in [2.45, 2.75) is 6.92 Å². The molecule has 0 aliphatic heterocycles. The van der Waals surface area contributed by atoms with Crippen LogP contribution in [0.3, 0.4) is 0 Å². The van der Waals surface area contributed by atoms with E-state index in [1.54, 1.807) is 31.4 Å². The number of nitrogens with zero attached hydrogens (tertiary/aromatic N) is 1. The summed E-state index contributed by atoms with van der Waals surface area (Å²) in [5.74, 6) is 0.674. The third-order valence-corrected chi connectivity index (χ3v) is 3.47. The maximum atomic E-state index is 12.3. The zero-order valence-electron chi connectivity index (χ0n) is 13.8. The number of aryl methyl sites for hydroxylation is 1. The number of rotatable bonds is 5. The van der Waals surface area contributed by atoms with Gasteiger partial charge in [-0.05, 0) is 48.4 Å². The summed E-state index contributed by atoms with van der Waals surface area (Å²) < 4.78 is 10.5. The quantitative estimate of drug-likeness (QED) is 0.675. The van der Waals surface area contributed by atoms with Crippen LogP contribution in [0, 0.1) is 18.3 Å². The fourth-order valence-electron chi connectivity index (χ4n) is 2.18. The van der Waals surface area contributed by atoms with E-state index in [-0.39, 0.29) is 5.57 Å². The Kier molecular flexibility index (Phi) is 5.58. The number of hydrogen-bond donors (Lipinski definition) is 1. The Bertz CT molecular complexity index is 805. The van der Waals surface area contributed by atoms with Crippen molar-refractivity contribution in [3.8, 4) is 17.6 Å². The van der Waals surface area contributed by atoms with Crippen LogP contribution in [0.25, 0.3) is 6.08 Å². The van der Waals surface area contributed by atoms with Crippen LogP contribution >= 0.6 is 0 Å². The molecule has 0 bridgehead atoms. The summed E-state index contributed by atoms with van der Waals surface area (Å²) in [7, 11) is 3.09. The van der Waals surface area contributed by atoms with Gasteiger partial charge < -0.3 is 14.8 Å². The van der Waals surface area contributed by atoms with E-state index in [4.69, 9.17) is 9.47 Å². The highest BCUT2D eigenvalue weighted by atomic mass is 16.5. The molecule has 0 spiro atoms. The van der Waals surface area contributed by atoms with Gasteiger partial charge in [-0.1, -0.05) is 18.2 Å². The lowest BCUT2D eigenvalue weighted by Gasteiger charge is -2.11. The molecular weight excluding hydrogens is 304 g/mol. The molecule has 1 amide bonds. The SMILES string of the molecule is COc1cc(C)c(C=C(C#N)C(=O)Nc2ccccc2)cc1OC. The normalized spacial score (nSPS) is 10.7. The molecule has 5 heteroatoms. The highest BCUT2D eigenvalue weighted by Gasteiger charge is 2.12. The second-order valence-corrected chi connectivity index (χ2v) is 5.05. The first-order chi connectivity index (χ1) is 11.6. The summed E-state index contributed by atoms with van der Waals surface area (Å²) in [5.41, 5.74) is 2.22. The van der Waals surface area contributed by atoms with Crippen molar-refractivity contribution < 1.29 is 14.3 Å². The largest absolute Gasteiger partial charge is 0.493 e. The zero-order valence-corrected chi connectivity index (χ0v) is 13.8. The molecule has 0 aromatic heterocycles. The molecule has 0 atom stereocenters. The van der Waals surface area contributed by atoms with Crippen LogP contribution in [0.5, 0.6) is 11.5 Å². The van der Waals surface area contributed by atoms with Crippen molar-refractivity contribution in [2.24, 2.45) is 0 Å². The molecule has 0 radical (unpaired) electrons. The van der Waals surface area contributed by atoms with E-state index in [9.17, 15) is 10.1 Å². The molecule has 24 heavy (non-hydrogen) atoms. The number of methoxy groups -OCH3 is 2. The fraction of sp³-hybridized carbons (Fsp3) is 0.158. The van der Waals surface area contributed by atoms with Gasteiger partial charge in [0.1, 0.15) is 11.6 Å². The average Bonchev–Trinajstić information content (AvgIpc) is 2.61. The molecular formula is C19H18N2O3. The van der Waals surface area contributed by atoms with Gasteiger partial charge in [0.2, 0.25) is 0 Å². The number of amides is 1. The van der Waals surface area contributed by atoms with Crippen LogP contribution in [0.1, 0.15) is 11.1 Å². The van der Waals surface area contributed by atoms with Crippen molar-refractivity contribution in [1.29, 1.82) is 5.26 Å². The smallest absolute Gasteiger partial charge is 0.266 e. The van der Waals surface area contributed by atoms with Crippen LogP contribution in [-0.4, -0.2) is 20.1 Å². The molecule has 0 fully saturated rings. The maximum Gasteiger partial charge on any atom is 0.266 e. The highest BCUT2D eigenvalue weighted by molar-refractivity contribution is 6.09. The molecule has 0 aliphatic carbocycles. The lowest BCUT2D eigenvalue weighted by Crippen LogP contribution is -2.13. The molecule has 2 aromatic rings. The van der Waals surface area contributed by atoms with E-state index in [0.29, 0.717) is 22.7 Å². The molecule has 0 unspecified atom stereocenters. The number of nitrogens with one attached hydrogen (secondary N) is 1. The van der Waals surface area contributed by atoms with E-state index in [0.717, 1.165) is 5.56 Å². The van der Waals surface area contributed by atoms with Crippen LogP contribution in [0.2, 0.25) is 0 Å². The van der Waals surface area contributed by atoms with Crippen LogP contribution in [0.15, 0.2) is 48.0 Å². The standard InChI is InChI=1S/C19H18N2O3/c1-13-9-17(23-2)18(24-3)11-14(13)10-15(12-20)19(22)21-16-7-5-4-6-8-16/h4-11H,1-3H3,(H,21,22). The number of carbonyl (C=O) groups is 1. The fourth-order valence-corrected chi connectivity index (χ4v) is 2.18. The van der Waals surface area contributed by atoms with E-state index in [2.05, 4.69) is 5.32 Å². The van der Waals surface area contributed by atoms with Crippen LogP contribution < -0.4 is 14.8 Å². The minimum absolute atomic E-state index is 0.00849. The first kappa shape index (κ1) is 17.1. The monoisotopic (exact) mass is 322 g/mol. The van der Waals surface area contributed by atoms with Crippen LogP contribution in [0.4, 0.5) is 5.69 Å². The number of nitriles is 1. The minimum Gasteiger partial charge on any atom is -0.493 e. The minimum atomic E-state index is -0.460. The summed E-state index contributed by atoms with van der Waals surface area (Å²) >= 11 is 0. The van der Waals surface area contributed by atoms with Gasteiger partial charge in [0, 0.05) is 5.69 Å². The number of anilines is 1. The lowest BCUT2D eigenvalue weighted by molar-refractivity contribution is -0.112. The zero-order chi connectivity index (χ0) is 17.5. The van der Waals surface area contributed by atoms with Crippen molar-refractivity contribution in [2.75, 3.05) is 19.5 Å². The Morgan fingerprint density at radius 1 is 1.12 bits per heavy atom. The number of benzene rings is 2. The molecule has 0 heterocycles. The summed E-state index contributed by atoms with van der Waals surface area (Å²) in [4.78, 5) is 12.3. The topological polar surface area (TPSA) is 71.3 Å². The molecule has 2 aromatic carbocycles. The Labute approximate surface area is 141 Å². The van der Waals surface area contributed by atoms with E-state index >= 15 is 0 Å². The molecule has 5 nitrogen and oxygen atoms in total. The predicted molar refractivity (Wildman–Crippen MR) is 92.9 cm³/mol. The van der Waals surface area contributed by atoms with E-state index in [1.165, 1.54) is 13.2 Å². The molecule has 2 rings (SSSR count). The van der Waals surface area contributed by atoms with Crippen molar-refractivity contribution in [1.82, 2.24) is 0 Å². The summed E-state index contributed by atoms with van der Waals surface area (Å²) in [5, 5.41) is 12.0. The summed E-state index contributed by atoms with van der Waals surface area (Å²) in [6.45, 7) is 1.87. The lowest BCUT2D eigenvalue weighted by atomic mass is 10.0. The van der Waals surface area contributed by atoms with Crippen molar-refractivity contribution in [3.05, 3.63) is 59.2 Å². The van der Waals surface area contributed by atoms with Crippen molar-refractivity contribution in [3.63, 3.8) is 0 Å².